The van der Waals surface area contributed by atoms with Gasteiger partial charge in [0.15, 0.2) is 0 Å². The summed E-state index contributed by atoms with van der Waals surface area (Å²) in [4.78, 5) is 35.7. The Morgan fingerprint density at radius 1 is 1.20 bits per heavy atom. The maximum Gasteiger partial charge on any atom is 0.314 e. The Morgan fingerprint density at radius 2 is 1.80 bits per heavy atom. The van der Waals surface area contributed by atoms with Crippen molar-refractivity contribution in [2.24, 2.45) is 0 Å². The number of halogens is 1. The topological polar surface area (TPSA) is 74.7 Å². The summed E-state index contributed by atoms with van der Waals surface area (Å²) in [6.07, 6.45) is 1.55. The van der Waals surface area contributed by atoms with E-state index >= 15 is 0 Å². The van der Waals surface area contributed by atoms with Crippen molar-refractivity contribution in [2.75, 3.05) is 4.90 Å². The molecule has 5 nitrogen and oxygen atoms in total. The van der Waals surface area contributed by atoms with Crippen LogP contribution in [0.5, 0.6) is 0 Å². The second-order valence-electron chi connectivity index (χ2n) is 5.18. The normalized spacial score (nSPS) is 20.4. The highest BCUT2D eigenvalue weighted by Crippen LogP contribution is 2.49. The van der Waals surface area contributed by atoms with Crippen LogP contribution in [0.25, 0.3) is 0 Å². The van der Waals surface area contributed by atoms with E-state index < -0.39 is 11.4 Å². The minimum atomic E-state index is -0.866. The van der Waals surface area contributed by atoms with Gasteiger partial charge in [0.25, 0.3) is 0 Å². The molecule has 1 aliphatic heterocycles. The van der Waals surface area contributed by atoms with E-state index in [2.05, 4.69) is 0 Å². The van der Waals surface area contributed by atoms with Gasteiger partial charge >= 0.3 is 5.97 Å². The molecule has 6 heteroatoms. The number of carboxylic acid groups (broad SMARTS) is 1. The van der Waals surface area contributed by atoms with E-state index in [1.54, 1.807) is 18.2 Å². The van der Waals surface area contributed by atoms with Gasteiger partial charge < -0.3 is 5.11 Å². The smallest absolute Gasteiger partial charge is 0.314 e. The second-order valence-corrected chi connectivity index (χ2v) is 5.58. The van der Waals surface area contributed by atoms with Crippen molar-refractivity contribution < 1.29 is 19.5 Å². The Balaban J connectivity index is 1.99. The molecule has 20 heavy (non-hydrogen) atoms. The lowest BCUT2D eigenvalue weighted by atomic mass is 9.96. The van der Waals surface area contributed by atoms with Gasteiger partial charge in [0.1, 0.15) is 0 Å². The zero-order valence-electron chi connectivity index (χ0n) is 10.6. The highest BCUT2D eigenvalue weighted by molar-refractivity contribution is 6.35. The predicted molar refractivity (Wildman–Crippen MR) is 71.7 cm³/mol. The largest absolute Gasteiger partial charge is 0.481 e. The van der Waals surface area contributed by atoms with Crippen LogP contribution in [0.2, 0.25) is 5.02 Å². The number of nitrogens with zero attached hydrogens (tertiary/aromatic N) is 1. The number of imide groups is 1. The van der Waals surface area contributed by atoms with Gasteiger partial charge in [-0.3, -0.25) is 14.4 Å². The van der Waals surface area contributed by atoms with Crippen LogP contribution in [0, 0.1) is 0 Å². The molecule has 2 fully saturated rings. The summed E-state index contributed by atoms with van der Waals surface area (Å²) in [5.74, 6) is -1.41. The zero-order valence-corrected chi connectivity index (χ0v) is 11.3. The van der Waals surface area contributed by atoms with Gasteiger partial charge in [0, 0.05) is 12.8 Å². The molecule has 1 saturated carbocycles. The van der Waals surface area contributed by atoms with Gasteiger partial charge in [0.05, 0.1) is 16.1 Å². The molecule has 1 N–H and O–H groups in total. The van der Waals surface area contributed by atoms with Crippen LogP contribution in [0.4, 0.5) is 5.69 Å². The maximum absolute atomic E-state index is 11.7. The van der Waals surface area contributed by atoms with E-state index in [-0.39, 0.29) is 29.7 Å². The van der Waals surface area contributed by atoms with E-state index in [0.29, 0.717) is 24.1 Å². The number of aliphatic carboxylic acids is 1. The van der Waals surface area contributed by atoms with Crippen molar-refractivity contribution in [3.63, 3.8) is 0 Å². The van der Waals surface area contributed by atoms with Gasteiger partial charge in [-0.15, -0.1) is 0 Å². The van der Waals surface area contributed by atoms with Crippen LogP contribution in [0.3, 0.4) is 0 Å². The summed E-state index contributed by atoms with van der Waals surface area (Å²) in [5.41, 5.74) is 0.114. The number of carbonyl (C=O) groups is 3. The number of anilines is 1. The minimum absolute atomic E-state index is 0.190. The molecule has 1 aromatic carbocycles. The molecule has 1 aliphatic carbocycles. The number of benzene rings is 1. The number of carboxylic acids is 1. The van der Waals surface area contributed by atoms with Crippen LogP contribution in [-0.2, 0) is 19.8 Å². The van der Waals surface area contributed by atoms with Crippen molar-refractivity contribution in [1.29, 1.82) is 0 Å². The van der Waals surface area contributed by atoms with Gasteiger partial charge in [0.2, 0.25) is 11.8 Å². The fourth-order valence-electron chi connectivity index (χ4n) is 2.58. The Labute approximate surface area is 120 Å². The molecule has 1 heterocycles. The predicted octanol–water partition coefficient (Wildman–Crippen LogP) is 2.11. The number of hydrogen-bond acceptors (Lipinski definition) is 3. The molecule has 2 amide bonds. The summed E-state index contributed by atoms with van der Waals surface area (Å²) in [6, 6.07) is 4.75. The quantitative estimate of drug-likeness (QED) is 0.866. The fourth-order valence-corrected chi connectivity index (χ4v) is 2.85. The average molecular weight is 294 g/mol. The lowest BCUT2D eigenvalue weighted by Gasteiger charge is -2.18. The third-order valence-corrected chi connectivity index (χ3v) is 4.25. The minimum Gasteiger partial charge on any atom is -0.481 e. The summed E-state index contributed by atoms with van der Waals surface area (Å²) in [7, 11) is 0. The zero-order chi connectivity index (χ0) is 14.5. The average Bonchev–Trinajstić information content (AvgIpc) is 3.14. The molecule has 0 bridgehead atoms. The SMILES string of the molecule is O=C1CCC(=O)N1c1ccc(C2(C(=O)O)CC2)cc1Cl. The van der Waals surface area contributed by atoms with Crippen molar-refractivity contribution in [3.8, 4) is 0 Å². The third kappa shape index (κ3) is 1.81. The monoisotopic (exact) mass is 293 g/mol. The Morgan fingerprint density at radius 3 is 2.25 bits per heavy atom. The maximum atomic E-state index is 11.7. The number of rotatable bonds is 3. The van der Waals surface area contributed by atoms with Gasteiger partial charge in [-0.05, 0) is 30.5 Å². The lowest BCUT2D eigenvalue weighted by Crippen LogP contribution is -2.29. The number of hydrogen-bond donors (Lipinski definition) is 1. The molecular weight excluding hydrogens is 282 g/mol. The molecule has 0 aromatic heterocycles. The lowest BCUT2D eigenvalue weighted by molar-refractivity contribution is -0.140. The van der Waals surface area contributed by atoms with Crippen molar-refractivity contribution >= 4 is 35.1 Å². The first-order chi connectivity index (χ1) is 9.45. The first kappa shape index (κ1) is 13.1. The van der Waals surface area contributed by atoms with Crippen LogP contribution < -0.4 is 4.90 Å². The van der Waals surface area contributed by atoms with Crippen LogP contribution in [0.1, 0.15) is 31.2 Å². The second kappa shape index (κ2) is 4.31. The Hall–Kier alpha value is -1.88. The summed E-state index contributed by atoms with van der Waals surface area (Å²) < 4.78 is 0. The van der Waals surface area contributed by atoms with Crippen molar-refractivity contribution in [3.05, 3.63) is 28.8 Å². The van der Waals surface area contributed by atoms with E-state index in [0.717, 1.165) is 4.90 Å². The van der Waals surface area contributed by atoms with E-state index in [4.69, 9.17) is 11.6 Å². The molecule has 0 radical (unpaired) electrons. The summed E-state index contributed by atoms with van der Waals surface area (Å²) in [6.45, 7) is 0. The first-order valence-corrected chi connectivity index (χ1v) is 6.73. The molecule has 104 valence electrons. The highest BCUT2D eigenvalue weighted by atomic mass is 35.5. The molecule has 2 aliphatic rings. The van der Waals surface area contributed by atoms with Crippen molar-refractivity contribution in [2.45, 2.75) is 31.1 Å². The standard InChI is InChI=1S/C14H12ClNO4/c15-9-7-8(14(5-6-14)13(19)20)1-2-10(9)16-11(17)3-4-12(16)18/h1-2,7H,3-6H2,(H,19,20). The van der Waals surface area contributed by atoms with Gasteiger partial charge in [-0.1, -0.05) is 17.7 Å². The molecule has 1 aromatic rings. The molecule has 3 rings (SSSR count). The molecule has 0 unspecified atom stereocenters. The fraction of sp³-hybridized carbons (Fsp3) is 0.357. The molecule has 0 spiro atoms. The van der Waals surface area contributed by atoms with E-state index in [1.165, 1.54) is 0 Å². The summed E-state index contributed by atoms with van der Waals surface area (Å²) >= 11 is 6.14. The van der Waals surface area contributed by atoms with E-state index in [9.17, 15) is 19.5 Å². The Kier molecular flexibility index (Phi) is 2.83. The van der Waals surface area contributed by atoms with Gasteiger partial charge in [-0.2, -0.15) is 0 Å². The summed E-state index contributed by atoms with van der Waals surface area (Å²) in [5, 5.41) is 9.49. The highest BCUT2D eigenvalue weighted by Gasteiger charge is 2.52. The third-order valence-electron chi connectivity index (χ3n) is 3.95. The van der Waals surface area contributed by atoms with Gasteiger partial charge in [-0.25, -0.2) is 4.90 Å². The van der Waals surface area contributed by atoms with Crippen LogP contribution in [-0.4, -0.2) is 22.9 Å². The number of amides is 2. The van der Waals surface area contributed by atoms with Crippen LogP contribution in [0.15, 0.2) is 18.2 Å². The van der Waals surface area contributed by atoms with Crippen molar-refractivity contribution in [1.82, 2.24) is 0 Å². The molecule has 1 saturated heterocycles. The van der Waals surface area contributed by atoms with E-state index in [1.807, 2.05) is 0 Å². The molecular formula is C14H12ClNO4. The first-order valence-electron chi connectivity index (χ1n) is 6.35. The van der Waals surface area contributed by atoms with Crippen LogP contribution >= 0.6 is 11.6 Å². The Bertz CT molecular complexity index is 620. The molecule has 0 atom stereocenters. The number of carbonyl (C=O) groups excluding carboxylic acids is 2.